The maximum absolute atomic E-state index is 13.1. The van der Waals surface area contributed by atoms with Crippen molar-refractivity contribution in [3.63, 3.8) is 0 Å². The smallest absolute Gasteiger partial charge is 0.255 e. The summed E-state index contributed by atoms with van der Waals surface area (Å²) in [6.45, 7) is 1.81. The Morgan fingerprint density at radius 1 is 1.14 bits per heavy atom. The normalized spacial score (nSPS) is 16.1. The van der Waals surface area contributed by atoms with Crippen LogP contribution in [-0.4, -0.2) is 25.2 Å². The van der Waals surface area contributed by atoms with Gasteiger partial charge in [0.05, 0.1) is 36.5 Å². The Labute approximate surface area is 173 Å². The summed E-state index contributed by atoms with van der Waals surface area (Å²) < 4.78 is 10.7. The average molecular weight is 418 g/mol. The SMILES string of the molecule is COc1ccc([C@H]2NC(=S)NC(C)=C2C(=O)Nc2ccccc2Cl)cc1OC. The number of nitrogens with one attached hydrogen (secondary N) is 3. The first-order chi connectivity index (χ1) is 13.4. The number of methoxy groups -OCH3 is 2. The molecule has 0 saturated heterocycles. The van der Waals surface area contributed by atoms with Crippen LogP contribution in [0.4, 0.5) is 5.69 Å². The summed E-state index contributed by atoms with van der Waals surface area (Å²) in [4.78, 5) is 13.1. The monoisotopic (exact) mass is 417 g/mol. The molecule has 0 saturated carbocycles. The Balaban J connectivity index is 1.99. The number of carbonyl (C=O) groups excluding carboxylic acids is 1. The molecule has 1 heterocycles. The molecule has 0 radical (unpaired) electrons. The number of rotatable bonds is 5. The van der Waals surface area contributed by atoms with E-state index in [2.05, 4.69) is 16.0 Å². The minimum atomic E-state index is -0.462. The van der Waals surface area contributed by atoms with Gasteiger partial charge in [0.2, 0.25) is 0 Å². The molecular formula is C20H20ClN3O3S. The molecule has 2 aromatic rings. The van der Waals surface area contributed by atoms with Crippen LogP contribution in [0, 0.1) is 0 Å². The van der Waals surface area contributed by atoms with E-state index in [-0.39, 0.29) is 5.91 Å². The number of hydrogen-bond donors (Lipinski definition) is 3. The van der Waals surface area contributed by atoms with Gasteiger partial charge in [0, 0.05) is 5.70 Å². The number of carbonyl (C=O) groups is 1. The third kappa shape index (κ3) is 4.05. The van der Waals surface area contributed by atoms with Crippen molar-refractivity contribution in [2.24, 2.45) is 0 Å². The predicted octanol–water partition coefficient (Wildman–Crippen LogP) is 3.79. The van der Waals surface area contributed by atoms with Crippen LogP contribution >= 0.6 is 23.8 Å². The van der Waals surface area contributed by atoms with Crippen LogP contribution in [0.25, 0.3) is 0 Å². The number of amides is 1. The molecule has 0 unspecified atom stereocenters. The summed E-state index contributed by atoms with van der Waals surface area (Å²) >= 11 is 11.5. The van der Waals surface area contributed by atoms with E-state index in [1.165, 1.54) is 0 Å². The van der Waals surface area contributed by atoms with E-state index >= 15 is 0 Å². The highest BCUT2D eigenvalue weighted by atomic mass is 35.5. The van der Waals surface area contributed by atoms with Crippen LogP contribution in [0.3, 0.4) is 0 Å². The van der Waals surface area contributed by atoms with Gasteiger partial charge in [-0.1, -0.05) is 29.8 Å². The van der Waals surface area contributed by atoms with Crippen LogP contribution in [0.2, 0.25) is 5.02 Å². The van der Waals surface area contributed by atoms with Gasteiger partial charge in [-0.25, -0.2) is 0 Å². The summed E-state index contributed by atoms with van der Waals surface area (Å²) in [5.74, 6) is 0.883. The fraction of sp³-hybridized carbons (Fsp3) is 0.200. The number of para-hydroxylation sites is 1. The maximum Gasteiger partial charge on any atom is 0.255 e. The number of halogens is 1. The van der Waals surface area contributed by atoms with Crippen molar-refractivity contribution in [2.45, 2.75) is 13.0 Å². The Kier molecular flexibility index (Phi) is 6.06. The Morgan fingerprint density at radius 2 is 1.86 bits per heavy atom. The van der Waals surface area contributed by atoms with E-state index < -0.39 is 6.04 Å². The molecular weight excluding hydrogens is 398 g/mol. The van der Waals surface area contributed by atoms with Crippen molar-refractivity contribution in [1.29, 1.82) is 0 Å². The zero-order valence-electron chi connectivity index (χ0n) is 15.6. The third-order valence-electron chi connectivity index (χ3n) is 4.38. The molecule has 2 aromatic carbocycles. The summed E-state index contributed by atoms with van der Waals surface area (Å²) in [6.07, 6.45) is 0. The zero-order valence-corrected chi connectivity index (χ0v) is 17.2. The molecule has 28 heavy (non-hydrogen) atoms. The molecule has 0 aliphatic carbocycles. The number of hydrogen-bond acceptors (Lipinski definition) is 4. The minimum Gasteiger partial charge on any atom is -0.493 e. The maximum atomic E-state index is 13.1. The molecule has 0 fully saturated rings. The van der Waals surface area contributed by atoms with Gasteiger partial charge in [0.25, 0.3) is 5.91 Å². The Hall–Kier alpha value is -2.77. The second-order valence-corrected chi connectivity index (χ2v) is 6.93. The summed E-state index contributed by atoms with van der Waals surface area (Å²) in [6, 6.07) is 12.1. The second kappa shape index (κ2) is 8.50. The van der Waals surface area contributed by atoms with Crippen LogP contribution in [0.1, 0.15) is 18.5 Å². The van der Waals surface area contributed by atoms with Gasteiger partial charge < -0.3 is 25.4 Å². The Morgan fingerprint density at radius 3 is 2.54 bits per heavy atom. The Bertz CT molecular complexity index is 961. The van der Waals surface area contributed by atoms with Crippen molar-refractivity contribution < 1.29 is 14.3 Å². The van der Waals surface area contributed by atoms with Crippen molar-refractivity contribution >= 4 is 40.5 Å². The lowest BCUT2D eigenvalue weighted by atomic mass is 9.94. The summed E-state index contributed by atoms with van der Waals surface area (Å²) in [7, 11) is 3.14. The zero-order chi connectivity index (χ0) is 20.3. The highest BCUT2D eigenvalue weighted by Crippen LogP contribution is 2.34. The second-order valence-electron chi connectivity index (χ2n) is 6.12. The van der Waals surface area contributed by atoms with Gasteiger partial charge in [-0.15, -0.1) is 0 Å². The van der Waals surface area contributed by atoms with Crippen LogP contribution in [-0.2, 0) is 4.79 Å². The largest absolute Gasteiger partial charge is 0.493 e. The molecule has 0 bridgehead atoms. The van der Waals surface area contributed by atoms with Gasteiger partial charge >= 0.3 is 0 Å². The third-order valence-corrected chi connectivity index (χ3v) is 4.93. The van der Waals surface area contributed by atoms with Crippen LogP contribution in [0.15, 0.2) is 53.7 Å². The highest BCUT2D eigenvalue weighted by molar-refractivity contribution is 7.80. The van der Waals surface area contributed by atoms with E-state index in [4.69, 9.17) is 33.3 Å². The van der Waals surface area contributed by atoms with Crippen molar-refractivity contribution in [2.75, 3.05) is 19.5 Å². The molecule has 6 nitrogen and oxygen atoms in total. The first-order valence-electron chi connectivity index (χ1n) is 8.50. The number of benzene rings is 2. The van der Waals surface area contributed by atoms with Crippen molar-refractivity contribution in [3.8, 4) is 11.5 Å². The molecule has 0 aromatic heterocycles. The molecule has 1 atom stereocenters. The van der Waals surface area contributed by atoms with Gasteiger partial charge in [0.1, 0.15) is 0 Å². The van der Waals surface area contributed by atoms with E-state index in [9.17, 15) is 4.79 Å². The number of thiocarbonyl (C=S) groups is 1. The van der Waals surface area contributed by atoms with E-state index in [0.717, 1.165) is 5.56 Å². The van der Waals surface area contributed by atoms with Crippen LogP contribution in [0.5, 0.6) is 11.5 Å². The molecule has 1 aliphatic rings. The average Bonchev–Trinajstić information content (AvgIpc) is 2.68. The molecule has 8 heteroatoms. The number of allylic oxidation sites excluding steroid dienone is 1. The fourth-order valence-corrected chi connectivity index (χ4v) is 3.48. The summed E-state index contributed by atoms with van der Waals surface area (Å²) in [5, 5.41) is 9.93. The lowest BCUT2D eigenvalue weighted by molar-refractivity contribution is -0.113. The minimum absolute atomic E-state index is 0.284. The van der Waals surface area contributed by atoms with E-state index in [1.807, 2.05) is 19.1 Å². The topological polar surface area (TPSA) is 71.6 Å². The first kappa shape index (κ1) is 20.0. The molecule has 146 valence electrons. The molecule has 1 aliphatic heterocycles. The molecule has 3 N–H and O–H groups in total. The highest BCUT2D eigenvalue weighted by Gasteiger charge is 2.30. The lowest BCUT2D eigenvalue weighted by Crippen LogP contribution is -2.45. The molecule has 0 spiro atoms. The number of ether oxygens (including phenoxy) is 2. The van der Waals surface area contributed by atoms with Crippen molar-refractivity contribution in [1.82, 2.24) is 10.6 Å². The van der Waals surface area contributed by atoms with E-state index in [0.29, 0.717) is 38.6 Å². The van der Waals surface area contributed by atoms with Crippen molar-refractivity contribution in [3.05, 3.63) is 64.3 Å². The number of anilines is 1. The van der Waals surface area contributed by atoms with Crippen LogP contribution < -0.4 is 25.4 Å². The molecule has 3 rings (SSSR count). The summed E-state index contributed by atoms with van der Waals surface area (Å²) in [5.41, 5.74) is 2.51. The van der Waals surface area contributed by atoms with Gasteiger partial charge in [-0.3, -0.25) is 4.79 Å². The molecule has 1 amide bonds. The van der Waals surface area contributed by atoms with Gasteiger partial charge in [-0.05, 0) is 49.0 Å². The van der Waals surface area contributed by atoms with E-state index in [1.54, 1.807) is 44.6 Å². The lowest BCUT2D eigenvalue weighted by Gasteiger charge is -2.30. The predicted molar refractivity (Wildman–Crippen MR) is 114 cm³/mol. The fourth-order valence-electron chi connectivity index (χ4n) is 3.03. The standard InChI is InChI=1S/C20H20ClN3O3S/c1-11-17(19(25)23-14-7-5-4-6-13(14)21)18(24-20(28)22-11)12-8-9-15(26-2)16(10-12)27-3/h4-10,18H,1-3H3,(H,23,25)(H2,22,24,28)/t18-/m1/s1. The first-order valence-corrected chi connectivity index (χ1v) is 9.29. The van der Waals surface area contributed by atoms with Gasteiger partial charge in [0.15, 0.2) is 16.6 Å². The van der Waals surface area contributed by atoms with Gasteiger partial charge in [-0.2, -0.15) is 0 Å². The quantitative estimate of drug-likeness (QED) is 0.643.